The van der Waals surface area contributed by atoms with E-state index in [4.69, 9.17) is 4.74 Å². The number of rotatable bonds is 9. The van der Waals surface area contributed by atoms with E-state index in [9.17, 15) is 4.79 Å². The smallest absolute Gasteiger partial charge is 0.302 e. The third-order valence-corrected chi connectivity index (χ3v) is 2.06. The standard InChI is InChI=1S/C14H22O2/c1-3-4-5-6-7-8-9-10-11-12-13-16-14(2)15/h3-7H,1,8-13H2,2H3/b5-4+,7-6+. The van der Waals surface area contributed by atoms with E-state index in [1.54, 1.807) is 6.08 Å². The molecule has 0 aromatic carbocycles. The highest BCUT2D eigenvalue weighted by Gasteiger charge is 1.92. The van der Waals surface area contributed by atoms with Crippen LogP contribution in [0.1, 0.15) is 39.0 Å². The largest absolute Gasteiger partial charge is 0.466 e. The molecule has 0 atom stereocenters. The molecule has 0 aromatic rings. The molecule has 0 bridgehead atoms. The van der Waals surface area contributed by atoms with Gasteiger partial charge in [0.05, 0.1) is 6.61 Å². The highest BCUT2D eigenvalue weighted by Crippen LogP contribution is 2.04. The first-order valence-corrected chi connectivity index (χ1v) is 5.85. The molecule has 0 radical (unpaired) electrons. The predicted octanol–water partition coefficient (Wildman–Crippen LogP) is 3.80. The molecule has 0 amide bonds. The van der Waals surface area contributed by atoms with Crippen LogP contribution in [0.3, 0.4) is 0 Å². The molecule has 0 fully saturated rings. The topological polar surface area (TPSA) is 26.3 Å². The summed E-state index contributed by atoms with van der Waals surface area (Å²) >= 11 is 0. The summed E-state index contributed by atoms with van der Waals surface area (Å²) in [6.45, 7) is 5.60. The average Bonchev–Trinajstić information content (AvgIpc) is 2.25. The molecule has 0 aliphatic rings. The molecular weight excluding hydrogens is 200 g/mol. The first-order chi connectivity index (χ1) is 7.77. The average molecular weight is 222 g/mol. The van der Waals surface area contributed by atoms with Gasteiger partial charge in [-0.05, 0) is 19.3 Å². The number of carbonyl (C=O) groups is 1. The Morgan fingerprint density at radius 1 is 1.12 bits per heavy atom. The number of esters is 1. The minimum atomic E-state index is -0.183. The molecule has 90 valence electrons. The van der Waals surface area contributed by atoms with Crippen LogP contribution in [0.4, 0.5) is 0 Å². The van der Waals surface area contributed by atoms with Gasteiger partial charge in [0.15, 0.2) is 0 Å². The lowest BCUT2D eigenvalue weighted by molar-refractivity contribution is -0.141. The van der Waals surface area contributed by atoms with Crippen molar-refractivity contribution in [2.45, 2.75) is 39.0 Å². The van der Waals surface area contributed by atoms with Gasteiger partial charge in [-0.3, -0.25) is 4.79 Å². The molecule has 2 heteroatoms. The van der Waals surface area contributed by atoms with Gasteiger partial charge in [-0.2, -0.15) is 0 Å². The molecule has 16 heavy (non-hydrogen) atoms. The fourth-order valence-corrected chi connectivity index (χ4v) is 1.25. The SMILES string of the molecule is C=C/C=C/C=C/CCCCCCOC(C)=O. The Kier molecular flexibility index (Phi) is 10.8. The number of carbonyl (C=O) groups excluding carboxylic acids is 1. The summed E-state index contributed by atoms with van der Waals surface area (Å²) in [5, 5.41) is 0. The first-order valence-electron chi connectivity index (χ1n) is 5.85. The Labute approximate surface area is 98.7 Å². The summed E-state index contributed by atoms with van der Waals surface area (Å²) in [5.74, 6) is -0.183. The first kappa shape index (κ1) is 14.7. The summed E-state index contributed by atoms with van der Waals surface area (Å²) in [6.07, 6.45) is 15.4. The summed E-state index contributed by atoms with van der Waals surface area (Å²) in [5.41, 5.74) is 0. The highest BCUT2D eigenvalue weighted by atomic mass is 16.5. The van der Waals surface area contributed by atoms with Crippen LogP contribution in [0.5, 0.6) is 0 Å². The monoisotopic (exact) mass is 222 g/mol. The fourth-order valence-electron chi connectivity index (χ4n) is 1.25. The molecule has 0 rings (SSSR count). The van der Waals surface area contributed by atoms with Crippen molar-refractivity contribution < 1.29 is 9.53 Å². The van der Waals surface area contributed by atoms with Crippen molar-refractivity contribution >= 4 is 5.97 Å². The van der Waals surface area contributed by atoms with E-state index in [-0.39, 0.29) is 5.97 Å². The Balaban J connectivity index is 3.15. The molecule has 0 heterocycles. The third-order valence-electron chi connectivity index (χ3n) is 2.06. The van der Waals surface area contributed by atoms with Crippen LogP contribution in [0.2, 0.25) is 0 Å². The van der Waals surface area contributed by atoms with Gasteiger partial charge in [-0.15, -0.1) is 0 Å². The molecular formula is C14H22O2. The zero-order chi connectivity index (χ0) is 12.1. The normalized spacial score (nSPS) is 11.1. The van der Waals surface area contributed by atoms with Gasteiger partial charge in [0.2, 0.25) is 0 Å². The van der Waals surface area contributed by atoms with E-state index in [0.717, 1.165) is 19.3 Å². The van der Waals surface area contributed by atoms with E-state index in [2.05, 4.69) is 12.7 Å². The number of unbranched alkanes of at least 4 members (excludes halogenated alkanes) is 4. The Hall–Kier alpha value is -1.31. The molecule has 0 N–H and O–H groups in total. The van der Waals surface area contributed by atoms with Crippen LogP contribution in [0, 0.1) is 0 Å². The van der Waals surface area contributed by atoms with Gasteiger partial charge in [0.25, 0.3) is 0 Å². The van der Waals surface area contributed by atoms with Crippen LogP contribution >= 0.6 is 0 Å². The molecule has 0 saturated heterocycles. The highest BCUT2D eigenvalue weighted by molar-refractivity contribution is 5.65. The maximum absolute atomic E-state index is 10.5. The minimum absolute atomic E-state index is 0.183. The maximum Gasteiger partial charge on any atom is 0.302 e. The molecule has 2 nitrogen and oxygen atoms in total. The number of ether oxygens (including phenoxy) is 1. The van der Waals surface area contributed by atoms with Crippen molar-refractivity contribution in [3.05, 3.63) is 37.0 Å². The second-order valence-electron chi connectivity index (χ2n) is 3.59. The van der Waals surface area contributed by atoms with E-state index in [0.29, 0.717) is 6.61 Å². The van der Waals surface area contributed by atoms with Gasteiger partial charge in [0.1, 0.15) is 0 Å². The van der Waals surface area contributed by atoms with Crippen molar-refractivity contribution in [1.29, 1.82) is 0 Å². The van der Waals surface area contributed by atoms with Crippen LogP contribution in [-0.4, -0.2) is 12.6 Å². The lowest BCUT2D eigenvalue weighted by Gasteiger charge is -2.00. The second-order valence-corrected chi connectivity index (χ2v) is 3.59. The van der Waals surface area contributed by atoms with Gasteiger partial charge in [-0.1, -0.05) is 49.8 Å². The summed E-state index contributed by atoms with van der Waals surface area (Å²) < 4.78 is 4.84. The van der Waals surface area contributed by atoms with Gasteiger partial charge < -0.3 is 4.74 Å². The Morgan fingerprint density at radius 2 is 1.88 bits per heavy atom. The Bertz CT molecular complexity index is 239. The maximum atomic E-state index is 10.5. The van der Waals surface area contributed by atoms with E-state index >= 15 is 0 Å². The molecule has 0 unspecified atom stereocenters. The second kappa shape index (κ2) is 11.8. The summed E-state index contributed by atoms with van der Waals surface area (Å²) in [7, 11) is 0. The molecule has 0 saturated carbocycles. The van der Waals surface area contributed by atoms with E-state index in [1.807, 2.05) is 18.2 Å². The van der Waals surface area contributed by atoms with Gasteiger partial charge in [0, 0.05) is 6.92 Å². The lowest BCUT2D eigenvalue weighted by atomic mass is 10.1. The number of hydrogen-bond donors (Lipinski definition) is 0. The third kappa shape index (κ3) is 12.7. The zero-order valence-electron chi connectivity index (χ0n) is 10.2. The van der Waals surface area contributed by atoms with Gasteiger partial charge >= 0.3 is 5.97 Å². The van der Waals surface area contributed by atoms with Crippen molar-refractivity contribution in [1.82, 2.24) is 0 Å². The zero-order valence-corrected chi connectivity index (χ0v) is 10.2. The number of allylic oxidation sites excluding steroid dienone is 5. The lowest BCUT2D eigenvalue weighted by Crippen LogP contribution is -1.99. The predicted molar refractivity (Wildman–Crippen MR) is 68.2 cm³/mol. The van der Waals surface area contributed by atoms with E-state index < -0.39 is 0 Å². The van der Waals surface area contributed by atoms with Crippen molar-refractivity contribution in [2.24, 2.45) is 0 Å². The molecule has 0 aliphatic heterocycles. The van der Waals surface area contributed by atoms with E-state index in [1.165, 1.54) is 19.8 Å². The summed E-state index contributed by atoms with van der Waals surface area (Å²) in [6, 6.07) is 0. The van der Waals surface area contributed by atoms with Crippen LogP contribution in [-0.2, 0) is 9.53 Å². The molecule has 0 aromatic heterocycles. The van der Waals surface area contributed by atoms with Crippen LogP contribution < -0.4 is 0 Å². The molecule has 0 spiro atoms. The van der Waals surface area contributed by atoms with Gasteiger partial charge in [-0.25, -0.2) is 0 Å². The van der Waals surface area contributed by atoms with Crippen LogP contribution in [0.15, 0.2) is 37.0 Å². The molecule has 0 aliphatic carbocycles. The van der Waals surface area contributed by atoms with Crippen molar-refractivity contribution in [2.75, 3.05) is 6.61 Å². The van der Waals surface area contributed by atoms with Crippen molar-refractivity contribution in [3.8, 4) is 0 Å². The summed E-state index contributed by atoms with van der Waals surface area (Å²) in [4.78, 5) is 10.5. The van der Waals surface area contributed by atoms with Crippen molar-refractivity contribution in [3.63, 3.8) is 0 Å². The number of hydrogen-bond acceptors (Lipinski definition) is 2. The quantitative estimate of drug-likeness (QED) is 0.337. The fraction of sp³-hybridized carbons (Fsp3) is 0.500. The van der Waals surface area contributed by atoms with Crippen LogP contribution in [0.25, 0.3) is 0 Å². The minimum Gasteiger partial charge on any atom is -0.466 e. The Morgan fingerprint density at radius 3 is 2.56 bits per heavy atom.